The summed E-state index contributed by atoms with van der Waals surface area (Å²) in [5.41, 5.74) is 1.47. The summed E-state index contributed by atoms with van der Waals surface area (Å²) in [6.07, 6.45) is 5.27. The number of rotatable bonds is 6. The van der Waals surface area contributed by atoms with E-state index in [4.69, 9.17) is 0 Å². The highest BCUT2D eigenvalue weighted by Gasteiger charge is 2.21. The Bertz CT molecular complexity index is 358. The molecule has 3 heteroatoms. The van der Waals surface area contributed by atoms with E-state index < -0.39 is 0 Å². The van der Waals surface area contributed by atoms with Gasteiger partial charge in [-0.15, -0.1) is 0 Å². The zero-order chi connectivity index (χ0) is 13.5. The Labute approximate surface area is 125 Å². The normalized spacial score (nSPS) is 18.4. The highest BCUT2D eigenvalue weighted by Crippen LogP contribution is 2.28. The van der Waals surface area contributed by atoms with Gasteiger partial charge in [0.15, 0.2) is 0 Å². The van der Waals surface area contributed by atoms with Crippen molar-refractivity contribution in [3.63, 3.8) is 0 Å². The minimum Gasteiger partial charge on any atom is -0.314 e. The maximum atomic E-state index is 3.53. The van der Waals surface area contributed by atoms with Crippen LogP contribution in [0, 0.1) is 0 Å². The Balaban J connectivity index is 2.05. The molecule has 1 atom stereocenters. The van der Waals surface area contributed by atoms with Gasteiger partial charge >= 0.3 is 0 Å². The molecule has 1 N–H and O–H groups in total. The van der Waals surface area contributed by atoms with Gasteiger partial charge in [-0.1, -0.05) is 54.2 Å². The van der Waals surface area contributed by atoms with Crippen molar-refractivity contribution < 1.29 is 0 Å². The van der Waals surface area contributed by atoms with E-state index in [1.807, 2.05) is 0 Å². The van der Waals surface area contributed by atoms with Crippen molar-refractivity contribution >= 4 is 15.9 Å². The second-order valence-corrected chi connectivity index (χ2v) is 6.26. The van der Waals surface area contributed by atoms with Crippen LogP contribution in [0.3, 0.4) is 0 Å². The lowest BCUT2D eigenvalue weighted by Gasteiger charge is -2.35. The van der Waals surface area contributed by atoms with Crippen LogP contribution in [-0.4, -0.2) is 31.1 Å². The average molecular weight is 325 g/mol. The lowest BCUT2D eigenvalue weighted by molar-refractivity contribution is 0.162. The number of unbranched alkanes of at least 4 members (excludes halogenated alkanes) is 2. The van der Waals surface area contributed by atoms with Crippen LogP contribution in [0.15, 0.2) is 28.7 Å². The maximum Gasteiger partial charge on any atom is 0.0349 e. The van der Waals surface area contributed by atoms with E-state index in [2.05, 4.69) is 57.3 Å². The number of halogens is 1. The highest BCUT2D eigenvalue weighted by molar-refractivity contribution is 9.10. The Morgan fingerprint density at radius 3 is 2.47 bits per heavy atom. The van der Waals surface area contributed by atoms with Crippen LogP contribution in [0.2, 0.25) is 0 Å². The number of nitrogens with zero attached hydrogens (tertiary/aromatic N) is 1. The molecule has 2 rings (SSSR count). The minimum absolute atomic E-state index is 0.599. The standard InChI is InChI=1S/C16H25BrN2/c1-2-3-4-5-16(19-12-10-18-11-13-19)14-6-8-15(17)9-7-14/h6-9,16,18H,2-5,10-13H2,1H3/t16-/m1/s1. The van der Waals surface area contributed by atoms with Crippen molar-refractivity contribution in [2.75, 3.05) is 26.2 Å². The molecule has 1 aliphatic rings. The number of hydrogen-bond acceptors (Lipinski definition) is 2. The summed E-state index contributed by atoms with van der Waals surface area (Å²) in [5.74, 6) is 0. The second kappa shape index (κ2) is 8.03. The van der Waals surface area contributed by atoms with E-state index in [1.54, 1.807) is 0 Å². The number of benzene rings is 1. The molecule has 1 heterocycles. The molecular weight excluding hydrogens is 300 g/mol. The molecule has 0 radical (unpaired) electrons. The smallest absolute Gasteiger partial charge is 0.0349 e. The highest BCUT2D eigenvalue weighted by atomic mass is 79.9. The van der Waals surface area contributed by atoms with Crippen LogP contribution in [0.4, 0.5) is 0 Å². The van der Waals surface area contributed by atoms with E-state index in [-0.39, 0.29) is 0 Å². The molecule has 0 bridgehead atoms. The molecule has 0 aromatic heterocycles. The number of nitrogens with one attached hydrogen (secondary N) is 1. The molecule has 0 saturated carbocycles. The third kappa shape index (κ3) is 4.59. The SMILES string of the molecule is CCCCC[C@H](c1ccc(Br)cc1)N1CCNCC1. The summed E-state index contributed by atoms with van der Waals surface area (Å²) < 4.78 is 1.17. The molecule has 0 amide bonds. The summed E-state index contributed by atoms with van der Waals surface area (Å²) in [4.78, 5) is 2.65. The largest absolute Gasteiger partial charge is 0.314 e. The Morgan fingerprint density at radius 2 is 1.84 bits per heavy atom. The fraction of sp³-hybridized carbons (Fsp3) is 0.625. The van der Waals surface area contributed by atoms with Gasteiger partial charge in [0.1, 0.15) is 0 Å². The quantitative estimate of drug-likeness (QED) is 0.796. The monoisotopic (exact) mass is 324 g/mol. The molecule has 2 nitrogen and oxygen atoms in total. The van der Waals surface area contributed by atoms with Gasteiger partial charge in [0.25, 0.3) is 0 Å². The lowest BCUT2D eigenvalue weighted by atomic mass is 9.98. The summed E-state index contributed by atoms with van der Waals surface area (Å²) in [5, 5.41) is 3.45. The van der Waals surface area contributed by atoms with Gasteiger partial charge in [0.2, 0.25) is 0 Å². The van der Waals surface area contributed by atoms with Crippen LogP contribution >= 0.6 is 15.9 Å². The summed E-state index contributed by atoms with van der Waals surface area (Å²) in [6.45, 7) is 6.88. The second-order valence-electron chi connectivity index (χ2n) is 5.35. The fourth-order valence-corrected chi connectivity index (χ4v) is 3.09. The summed E-state index contributed by atoms with van der Waals surface area (Å²) in [7, 11) is 0. The van der Waals surface area contributed by atoms with E-state index >= 15 is 0 Å². The van der Waals surface area contributed by atoms with E-state index in [1.165, 1.54) is 48.8 Å². The Morgan fingerprint density at radius 1 is 1.16 bits per heavy atom. The molecule has 1 aliphatic heterocycles. The van der Waals surface area contributed by atoms with E-state index in [0.29, 0.717) is 6.04 Å². The molecule has 0 spiro atoms. The van der Waals surface area contributed by atoms with Crippen molar-refractivity contribution in [2.45, 2.75) is 38.6 Å². The van der Waals surface area contributed by atoms with Gasteiger partial charge < -0.3 is 5.32 Å². The van der Waals surface area contributed by atoms with Crippen LogP contribution in [0.25, 0.3) is 0 Å². The van der Waals surface area contributed by atoms with Crippen LogP contribution in [0.5, 0.6) is 0 Å². The number of piperazine rings is 1. The molecular formula is C16H25BrN2. The van der Waals surface area contributed by atoms with Crippen molar-refractivity contribution in [1.29, 1.82) is 0 Å². The number of hydrogen-bond donors (Lipinski definition) is 1. The minimum atomic E-state index is 0.599. The zero-order valence-corrected chi connectivity index (χ0v) is 13.5. The van der Waals surface area contributed by atoms with Crippen molar-refractivity contribution in [3.8, 4) is 0 Å². The Kier molecular flexibility index (Phi) is 6.35. The predicted molar refractivity (Wildman–Crippen MR) is 85.5 cm³/mol. The summed E-state index contributed by atoms with van der Waals surface area (Å²) >= 11 is 3.53. The van der Waals surface area contributed by atoms with Crippen LogP contribution in [0.1, 0.15) is 44.2 Å². The third-order valence-electron chi connectivity index (χ3n) is 3.93. The molecule has 106 valence electrons. The first kappa shape index (κ1) is 15.0. The molecule has 1 fully saturated rings. The fourth-order valence-electron chi connectivity index (χ4n) is 2.83. The third-order valence-corrected chi connectivity index (χ3v) is 4.46. The average Bonchev–Trinajstić information content (AvgIpc) is 2.46. The van der Waals surface area contributed by atoms with Gasteiger partial charge in [0.05, 0.1) is 0 Å². The van der Waals surface area contributed by atoms with Gasteiger partial charge in [-0.2, -0.15) is 0 Å². The van der Waals surface area contributed by atoms with Gasteiger partial charge in [0, 0.05) is 36.7 Å². The molecule has 1 aromatic carbocycles. The van der Waals surface area contributed by atoms with Gasteiger partial charge in [-0.25, -0.2) is 0 Å². The molecule has 1 saturated heterocycles. The molecule has 19 heavy (non-hydrogen) atoms. The lowest BCUT2D eigenvalue weighted by Crippen LogP contribution is -2.45. The van der Waals surface area contributed by atoms with Gasteiger partial charge in [-0.05, 0) is 24.1 Å². The predicted octanol–water partition coefficient (Wildman–Crippen LogP) is 3.98. The van der Waals surface area contributed by atoms with Crippen molar-refractivity contribution in [2.24, 2.45) is 0 Å². The van der Waals surface area contributed by atoms with Crippen LogP contribution in [-0.2, 0) is 0 Å². The Hall–Kier alpha value is -0.380. The topological polar surface area (TPSA) is 15.3 Å². The summed E-state index contributed by atoms with van der Waals surface area (Å²) in [6, 6.07) is 9.50. The first-order valence-electron chi connectivity index (χ1n) is 7.51. The van der Waals surface area contributed by atoms with Gasteiger partial charge in [-0.3, -0.25) is 4.90 Å². The first-order chi connectivity index (χ1) is 9.31. The van der Waals surface area contributed by atoms with E-state index in [9.17, 15) is 0 Å². The van der Waals surface area contributed by atoms with Crippen molar-refractivity contribution in [3.05, 3.63) is 34.3 Å². The van der Waals surface area contributed by atoms with E-state index in [0.717, 1.165) is 13.1 Å². The maximum absolute atomic E-state index is 3.53. The van der Waals surface area contributed by atoms with Crippen molar-refractivity contribution in [1.82, 2.24) is 10.2 Å². The van der Waals surface area contributed by atoms with Crippen LogP contribution < -0.4 is 5.32 Å². The zero-order valence-electron chi connectivity index (χ0n) is 11.9. The molecule has 0 unspecified atom stereocenters. The first-order valence-corrected chi connectivity index (χ1v) is 8.31. The molecule has 1 aromatic rings. The molecule has 0 aliphatic carbocycles.